The summed E-state index contributed by atoms with van der Waals surface area (Å²) in [5.41, 5.74) is 0.0678. The van der Waals surface area contributed by atoms with Crippen LogP contribution in [0, 0.1) is 0 Å². The van der Waals surface area contributed by atoms with E-state index in [0.717, 1.165) is 37.7 Å². The number of allylic oxidation sites excluding steroid dienone is 6. The number of carbonyl (C=O) groups is 1. The van der Waals surface area contributed by atoms with Crippen LogP contribution in [0.1, 0.15) is 127 Å². The van der Waals surface area contributed by atoms with Gasteiger partial charge in [0.15, 0.2) is 0 Å². The largest absolute Gasteiger partial charge is 0.459 e. The molecular formula is C32H58O7. The molecule has 0 amide bonds. The zero-order chi connectivity index (χ0) is 30.4. The minimum Gasteiger partial charge on any atom is -0.459 e. The first-order chi connectivity index (χ1) is 17.8. The van der Waals surface area contributed by atoms with Gasteiger partial charge in [-0.25, -0.2) is 0 Å². The molecule has 7 nitrogen and oxygen atoms in total. The normalized spacial score (nSPS) is 17.9. The van der Waals surface area contributed by atoms with Gasteiger partial charge in [-0.1, -0.05) is 34.9 Å². The summed E-state index contributed by atoms with van der Waals surface area (Å²) >= 11 is 0. The average Bonchev–Trinajstić information content (AvgIpc) is 2.79. The molecule has 0 fully saturated rings. The first kappa shape index (κ1) is 37.5. The van der Waals surface area contributed by atoms with Gasteiger partial charge >= 0.3 is 5.97 Å². The van der Waals surface area contributed by atoms with Crippen molar-refractivity contribution in [1.82, 2.24) is 0 Å². The minimum atomic E-state index is -1.32. The van der Waals surface area contributed by atoms with Crippen molar-refractivity contribution in [2.45, 2.75) is 162 Å². The molecule has 0 aliphatic rings. The standard InChI is InChI=1S/C32H58O7/c1-23(15-12-16-25(3)17-19-27(34)30(5,6)36)13-10-11-14-24(2)18-20-29(39-26(4)33)32(9,38)22-21-28(35)31(7,8)37/h13-14,16,27-29,34-38H,10-12,15,17-22H2,1-9H3/b23-13-,24-14+,25-16-/t27-,28+,29-,32-/m0/s1. The van der Waals surface area contributed by atoms with Crippen molar-refractivity contribution in [2.24, 2.45) is 0 Å². The molecule has 0 bridgehead atoms. The summed E-state index contributed by atoms with van der Waals surface area (Å²) in [6.07, 6.45) is 10.9. The highest BCUT2D eigenvalue weighted by Gasteiger charge is 2.36. The second-order valence-electron chi connectivity index (χ2n) is 12.7. The van der Waals surface area contributed by atoms with Crippen molar-refractivity contribution in [2.75, 3.05) is 0 Å². The van der Waals surface area contributed by atoms with Crippen molar-refractivity contribution in [1.29, 1.82) is 0 Å². The van der Waals surface area contributed by atoms with Gasteiger partial charge in [-0.2, -0.15) is 0 Å². The van der Waals surface area contributed by atoms with Crippen molar-refractivity contribution in [3.05, 3.63) is 34.9 Å². The minimum absolute atomic E-state index is 0.190. The lowest BCUT2D eigenvalue weighted by Crippen LogP contribution is -2.44. The Morgan fingerprint density at radius 3 is 1.54 bits per heavy atom. The van der Waals surface area contributed by atoms with Crippen LogP contribution < -0.4 is 0 Å². The van der Waals surface area contributed by atoms with E-state index in [9.17, 15) is 30.3 Å². The second-order valence-corrected chi connectivity index (χ2v) is 12.7. The molecule has 0 aliphatic carbocycles. The quantitative estimate of drug-likeness (QED) is 0.0790. The van der Waals surface area contributed by atoms with Gasteiger partial charge in [0.25, 0.3) is 0 Å². The first-order valence-electron chi connectivity index (χ1n) is 14.4. The van der Waals surface area contributed by atoms with Crippen LogP contribution in [-0.2, 0) is 9.53 Å². The Labute approximate surface area is 237 Å². The number of esters is 1. The highest BCUT2D eigenvalue weighted by molar-refractivity contribution is 5.66. The number of hydrogen-bond donors (Lipinski definition) is 5. The van der Waals surface area contributed by atoms with E-state index in [1.165, 1.54) is 31.9 Å². The molecule has 7 heteroatoms. The summed E-state index contributed by atoms with van der Waals surface area (Å²) in [6, 6.07) is 0. The Bertz CT molecular complexity index is 809. The van der Waals surface area contributed by atoms with Crippen LogP contribution in [0.4, 0.5) is 0 Å². The number of hydrogen-bond acceptors (Lipinski definition) is 7. The van der Waals surface area contributed by atoms with E-state index in [2.05, 4.69) is 32.1 Å². The molecule has 0 aromatic heterocycles. The lowest BCUT2D eigenvalue weighted by atomic mass is 9.86. The van der Waals surface area contributed by atoms with Crippen molar-refractivity contribution in [3.63, 3.8) is 0 Å². The van der Waals surface area contributed by atoms with Crippen LogP contribution in [0.2, 0.25) is 0 Å². The fourth-order valence-electron chi connectivity index (χ4n) is 4.23. The smallest absolute Gasteiger partial charge is 0.303 e. The maximum absolute atomic E-state index is 11.7. The topological polar surface area (TPSA) is 127 Å². The number of aliphatic hydroxyl groups is 5. The van der Waals surface area contributed by atoms with E-state index in [4.69, 9.17) is 4.74 Å². The van der Waals surface area contributed by atoms with Gasteiger partial charge in [-0.3, -0.25) is 4.79 Å². The summed E-state index contributed by atoms with van der Waals surface area (Å²) in [5.74, 6) is -0.456. The number of carbonyl (C=O) groups excluding carboxylic acids is 1. The summed E-state index contributed by atoms with van der Waals surface area (Å²) in [5, 5.41) is 50.9. The molecule has 0 unspecified atom stereocenters. The van der Waals surface area contributed by atoms with E-state index in [0.29, 0.717) is 19.3 Å². The highest BCUT2D eigenvalue weighted by atomic mass is 16.6. The molecule has 0 spiro atoms. The summed E-state index contributed by atoms with van der Waals surface area (Å²) in [7, 11) is 0. The zero-order valence-corrected chi connectivity index (χ0v) is 26.1. The molecule has 0 heterocycles. The molecule has 0 aromatic rings. The molecule has 39 heavy (non-hydrogen) atoms. The van der Waals surface area contributed by atoms with Crippen molar-refractivity contribution in [3.8, 4) is 0 Å². The van der Waals surface area contributed by atoms with E-state index in [1.54, 1.807) is 20.8 Å². The molecule has 0 aliphatic heterocycles. The Balaban J connectivity index is 4.66. The van der Waals surface area contributed by atoms with Gasteiger partial charge < -0.3 is 30.3 Å². The molecule has 4 atom stereocenters. The lowest BCUT2D eigenvalue weighted by Gasteiger charge is -2.34. The maximum Gasteiger partial charge on any atom is 0.303 e. The third kappa shape index (κ3) is 17.7. The highest BCUT2D eigenvalue weighted by Crippen LogP contribution is 2.28. The number of aliphatic hydroxyl groups excluding tert-OH is 2. The van der Waals surface area contributed by atoms with Gasteiger partial charge in [0.1, 0.15) is 6.10 Å². The number of rotatable bonds is 19. The Kier molecular flexibility index (Phi) is 16.7. The van der Waals surface area contributed by atoms with Crippen LogP contribution >= 0.6 is 0 Å². The lowest BCUT2D eigenvalue weighted by molar-refractivity contribution is -0.164. The fourth-order valence-corrected chi connectivity index (χ4v) is 4.23. The van der Waals surface area contributed by atoms with Crippen LogP contribution in [0.5, 0.6) is 0 Å². The zero-order valence-electron chi connectivity index (χ0n) is 26.1. The van der Waals surface area contributed by atoms with Gasteiger partial charge in [-0.05, 0) is 120 Å². The molecular weight excluding hydrogens is 496 g/mol. The molecule has 0 radical (unpaired) electrons. The van der Waals surface area contributed by atoms with Crippen LogP contribution in [0.25, 0.3) is 0 Å². The summed E-state index contributed by atoms with van der Waals surface area (Å²) in [6.45, 7) is 15.5. The monoisotopic (exact) mass is 554 g/mol. The van der Waals surface area contributed by atoms with Crippen molar-refractivity contribution < 1.29 is 35.1 Å². The Morgan fingerprint density at radius 2 is 1.08 bits per heavy atom. The van der Waals surface area contributed by atoms with Crippen LogP contribution in [0.15, 0.2) is 34.9 Å². The fraction of sp³-hybridized carbons (Fsp3) is 0.781. The Hall–Kier alpha value is -1.51. The van der Waals surface area contributed by atoms with E-state index >= 15 is 0 Å². The number of ether oxygens (including phenoxy) is 1. The SMILES string of the molecule is CC(=O)O[C@@H](CC/C(C)=C/CC/C=C(/C)CC/C=C(/C)CC[C@H](O)C(C)(C)O)[C@@](C)(O)CC[C@@H](O)C(C)(C)O. The van der Waals surface area contributed by atoms with Gasteiger partial charge in [0, 0.05) is 6.92 Å². The average molecular weight is 555 g/mol. The molecule has 0 saturated carbocycles. The van der Waals surface area contributed by atoms with E-state index in [1.807, 2.05) is 6.92 Å². The Morgan fingerprint density at radius 1 is 0.667 bits per heavy atom. The van der Waals surface area contributed by atoms with Crippen molar-refractivity contribution >= 4 is 5.97 Å². The summed E-state index contributed by atoms with van der Waals surface area (Å²) in [4.78, 5) is 11.7. The molecule has 0 aromatic carbocycles. The van der Waals surface area contributed by atoms with Gasteiger partial charge in [0.2, 0.25) is 0 Å². The first-order valence-corrected chi connectivity index (χ1v) is 14.4. The number of unbranched alkanes of at least 4 members (excludes halogenated alkanes) is 1. The molecule has 0 rings (SSSR count). The third-order valence-corrected chi connectivity index (χ3v) is 7.35. The molecule has 5 N–H and O–H groups in total. The second kappa shape index (κ2) is 17.3. The van der Waals surface area contributed by atoms with Crippen LogP contribution in [0.3, 0.4) is 0 Å². The van der Waals surface area contributed by atoms with Gasteiger partial charge in [0.05, 0.1) is 29.0 Å². The predicted octanol–water partition coefficient (Wildman–Crippen LogP) is 5.67. The predicted molar refractivity (Wildman–Crippen MR) is 158 cm³/mol. The molecule has 228 valence electrons. The van der Waals surface area contributed by atoms with E-state index < -0.39 is 41.1 Å². The van der Waals surface area contributed by atoms with Crippen LogP contribution in [-0.4, -0.2) is 66.6 Å². The molecule has 0 saturated heterocycles. The van der Waals surface area contributed by atoms with E-state index in [-0.39, 0.29) is 12.8 Å². The maximum atomic E-state index is 11.7. The third-order valence-electron chi connectivity index (χ3n) is 7.35. The van der Waals surface area contributed by atoms with Gasteiger partial charge in [-0.15, -0.1) is 0 Å². The summed E-state index contributed by atoms with van der Waals surface area (Å²) < 4.78 is 5.44.